The third kappa shape index (κ3) is 3.00. The van der Waals surface area contributed by atoms with Gasteiger partial charge in [0.25, 0.3) is 0 Å². The molecule has 1 unspecified atom stereocenters. The monoisotopic (exact) mass is 280 g/mol. The van der Waals surface area contributed by atoms with Crippen LogP contribution in [0.1, 0.15) is 37.5 Å². The van der Waals surface area contributed by atoms with Gasteiger partial charge in [0.2, 0.25) is 5.91 Å². The molecule has 1 atom stereocenters. The maximum Gasteiger partial charge on any atom is 0.230 e. The van der Waals surface area contributed by atoms with E-state index in [-0.39, 0.29) is 17.4 Å². The Hall–Kier alpha value is -0.870. The van der Waals surface area contributed by atoms with Crippen LogP contribution in [0.2, 0.25) is 0 Å². The van der Waals surface area contributed by atoms with Gasteiger partial charge in [-0.25, -0.2) is 0 Å². The fourth-order valence-corrected chi connectivity index (χ4v) is 3.81. The highest BCUT2D eigenvalue weighted by molar-refractivity contribution is 7.09. The zero-order valence-electron chi connectivity index (χ0n) is 11.9. The molecule has 2 N–H and O–H groups in total. The Morgan fingerprint density at radius 3 is 2.74 bits per heavy atom. The molecule has 1 heterocycles. The van der Waals surface area contributed by atoms with Gasteiger partial charge < -0.3 is 10.6 Å². The molecule has 3 nitrogen and oxygen atoms in total. The van der Waals surface area contributed by atoms with Gasteiger partial charge in [0.15, 0.2) is 0 Å². The van der Waals surface area contributed by atoms with Crippen LogP contribution < -0.4 is 5.73 Å². The third-order valence-electron chi connectivity index (χ3n) is 4.46. The molecule has 106 valence electrons. The van der Waals surface area contributed by atoms with Crippen molar-refractivity contribution in [2.24, 2.45) is 11.1 Å². The minimum atomic E-state index is -0.279. The largest absolute Gasteiger partial charge is 0.342 e. The lowest BCUT2D eigenvalue weighted by Crippen LogP contribution is -2.48. The number of rotatable bonds is 5. The van der Waals surface area contributed by atoms with E-state index >= 15 is 0 Å². The first kappa shape index (κ1) is 14.5. The fraction of sp³-hybridized carbons (Fsp3) is 0.667. The minimum Gasteiger partial charge on any atom is -0.342 e. The summed E-state index contributed by atoms with van der Waals surface area (Å²) in [5.74, 6) is 0.247. The van der Waals surface area contributed by atoms with E-state index in [0.29, 0.717) is 6.54 Å². The van der Waals surface area contributed by atoms with Crippen LogP contribution in [0, 0.1) is 5.41 Å². The summed E-state index contributed by atoms with van der Waals surface area (Å²) in [6.07, 6.45) is 5.11. The molecular formula is C15H24N2OS. The molecule has 0 aliphatic heterocycles. The number of nitrogens with zero attached hydrogens (tertiary/aromatic N) is 1. The summed E-state index contributed by atoms with van der Waals surface area (Å²) in [5.41, 5.74) is 5.62. The molecule has 1 saturated carbocycles. The van der Waals surface area contributed by atoms with Crippen molar-refractivity contribution >= 4 is 17.2 Å². The first-order valence-electron chi connectivity index (χ1n) is 7.09. The Morgan fingerprint density at radius 1 is 1.53 bits per heavy atom. The molecule has 1 amide bonds. The van der Waals surface area contributed by atoms with Gasteiger partial charge >= 0.3 is 0 Å². The SMILES string of the molecule is CC(Cc1cccs1)N(C)C(=O)C1(CN)CCCC1. The maximum atomic E-state index is 12.7. The van der Waals surface area contributed by atoms with E-state index in [1.165, 1.54) is 4.88 Å². The van der Waals surface area contributed by atoms with Gasteiger partial charge in [0, 0.05) is 30.9 Å². The second kappa shape index (κ2) is 6.06. The van der Waals surface area contributed by atoms with Gasteiger partial charge in [-0.3, -0.25) is 4.79 Å². The van der Waals surface area contributed by atoms with Crippen molar-refractivity contribution in [1.82, 2.24) is 4.90 Å². The normalized spacial score (nSPS) is 19.3. The fourth-order valence-electron chi connectivity index (χ4n) is 2.99. The molecule has 1 aliphatic rings. The van der Waals surface area contributed by atoms with Crippen LogP contribution in [-0.4, -0.2) is 30.4 Å². The molecule has 0 aromatic carbocycles. The lowest BCUT2D eigenvalue weighted by molar-refractivity contribution is -0.141. The molecule has 0 radical (unpaired) electrons. The lowest BCUT2D eigenvalue weighted by atomic mass is 9.84. The second-order valence-corrected chi connectivity index (χ2v) is 6.77. The molecule has 0 bridgehead atoms. The quantitative estimate of drug-likeness (QED) is 0.901. The highest BCUT2D eigenvalue weighted by atomic mass is 32.1. The van der Waals surface area contributed by atoms with Crippen LogP contribution in [0.5, 0.6) is 0 Å². The summed E-state index contributed by atoms with van der Waals surface area (Å²) in [5, 5.41) is 2.09. The Bertz CT molecular complexity index is 410. The predicted molar refractivity (Wildman–Crippen MR) is 80.2 cm³/mol. The van der Waals surface area contributed by atoms with E-state index in [1.54, 1.807) is 11.3 Å². The molecule has 0 saturated heterocycles. The molecule has 0 spiro atoms. The zero-order chi connectivity index (χ0) is 13.9. The summed E-state index contributed by atoms with van der Waals surface area (Å²) in [6.45, 7) is 2.61. The topological polar surface area (TPSA) is 46.3 Å². The van der Waals surface area contributed by atoms with Gasteiger partial charge in [-0.15, -0.1) is 11.3 Å². The minimum absolute atomic E-state index is 0.232. The maximum absolute atomic E-state index is 12.7. The van der Waals surface area contributed by atoms with Crippen molar-refractivity contribution in [3.63, 3.8) is 0 Å². The van der Waals surface area contributed by atoms with Gasteiger partial charge in [-0.1, -0.05) is 18.9 Å². The van der Waals surface area contributed by atoms with Crippen LogP contribution >= 0.6 is 11.3 Å². The summed E-state index contributed by atoms with van der Waals surface area (Å²) in [6, 6.07) is 4.43. The Labute approximate surface area is 119 Å². The van der Waals surface area contributed by atoms with Crippen LogP contribution in [0.4, 0.5) is 0 Å². The zero-order valence-corrected chi connectivity index (χ0v) is 12.7. The van der Waals surface area contributed by atoms with Crippen molar-refractivity contribution in [1.29, 1.82) is 0 Å². The number of nitrogens with two attached hydrogens (primary N) is 1. The summed E-state index contributed by atoms with van der Waals surface area (Å²) >= 11 is 1.75. The van der Waals surface area contributed by atoms with Gasteiger partial charge in [0.05, 0.1) is 5.41 Å². The van der Waals surface area contributed by atoms with Crippen molar-refractivity contribution in [3.05, 3.63) is 22.4 Å². The Balaban J connectivity index is 2.01. The van der Waals surface area contributed by atoms with Crippen molar-refractivity contribution in [2.45, 2.75) is 45.1 Å². The van der Waals surface area contributed by atoms with Crippen LogP contribution in [0.15, 0.2) is 17.5 Å². The highest BCUT2D eigenvalue weighted by Crippen LogP contribution is 2.39. The van der Waals surface area contributed by atoms with E-state index in [2.05, 4.69) is 24.4 Å². The van der Waals surface area contributed by atoms with Gasteiger partial charge in [-0.2, -0.15) is 0 Å². The summed E-state index contributed by atoms with van der Waals surface area (Å²) < 4.78 is 0. The predicted octanol–water partition coefficient (Wildman–Crippen LogP) is 2.66. The van der Waals surface area contributed by atoms with E-state index in [9.17, 15) is 4.79 Å². The van der Waals surface area contributed by atoms with Gasteiger partial charge in [0.1, 0.15) is 0 Å². The number of likely N-dealkylation sites (N-methyl/N-ethyl adjacent to an activating group) is 1. The molecule has 1 aromatic heterocycles. The first-order chi connectivity index (χ1) is 9.09. The van der Waals surface area contributed by atoms with Crippen molar-refractivity contribution in [2.75, 3.05) is 13.6 Å². The van der Waals surface area contributed by atoms with Crippen molar-refractivity contribution in [3.8, 4) is 0 Å². The molecule has 1 aliphatic carbocycles. The number of carbonyl (C=O) groups excluding carboxylic acids is 1. The van der Waals surface area contributed by atoms with Crippen LogP contribution in [0.25, 0.3) is 0 Å². The Morgan fingerprint density at radius 2 is 2.21 bits per heavy atom. The average molecular weight is 280 g/mol. The van der Waals surface area contributed by atoms with E-state index < -0.39 is 0 Å². The van der Waals surface area contributed by atoms with E-state index in [1.807, 2.05) is 11.9 Å². The average Bonchev–Trinajstić information content (AvgIpc) is 3.08. The molecule has 1 aromatic rings. The third-order valence-corrected chi connectivity index (χ3v) is 5.36. The van der Waals surface area contributed by atoms with Crippen molar-refractivity contribution < 1.29 is 4.79 Å². The van der Waals surface area contributed by atoms with E-state index in [0.717, 1.165) is 32.1 Å². The van der Waals surface area contributed by atoms with Crippen LogP contribution in [0.3, 0.4) is 0 Å². The molecule has 19 heavy (non-hydrogen) atoms. The highest BCUT2D eigenvalue weighted by Gasteiger charge is 2.42. The van der Waals surface area contributed by atoms with E-state index in [4.69, 9.17) is 5.73 Å². The standard InChI is InChI=1S/C15H24N2OS/c1-12(10-13-6-5-9-19-13)17(2)14(18)15(11-16)7-3-4-8-15/h5-6,9,12H,3-4,7-8,10-11,16H2,1-2H3. The van der Waals surface area contributed by atoms with Gasteiger partial charge in [-0.05, 0) is 31.2 Å². The first-order valence-corrected chi connectivity index (χ1v) is 7.97. The number of hydrogen-bond acceptors (Lipinski definition) is 3. The molecule has 1 fully saturated rings. The molecule has 2 rings (SSSR count). The number of carbonyl (C=O) groups is 1. The number of amides is 1. The smallest absolute Gasteiger partial charge is 0.230 e. The lowest BCUT2D eigenvalue weighted by Gasteiger charge is -2.34. The Kier molecular flexibility index (Phi) is 4.63. The summed E-state index contributed by atoms with van der Waals surface area (Å²) in [4.78, 5) is 16.0. The molecular weight excluding hydrogens is 256 g/mol. The second-order valence-electron chi connectivity index (χ2n) is 5.74. The molecule has 4 heteroatoms. The number of hydrogen-bond donors (Lipinski definition) is 1. The summed E-state index contributed by atoms with van der Waals surface area (Å²) in [7, 11) is 1.93. The van der Waals surface area contributed by atoms with Crippen LogP contribution in [-0.2, 0) is 11.2 Å². The number of thiophene rings is 1.